The van der Waals surface area contributed by atoms with Gasteiger partial charge in [0.15, 0.2) is 0 Å². The molecule has 0 aliphatic heterocycles. The highest BCUT2D eigenvalue weighted by Gasteiger charge is 2.14. The first kappa shape index (κ1) is 15.7. The molecule has 1 N–H and O–H groups in total. The standard InChI is InChI=1S/C14H17NO5/c1-10(13(17)19-2)7-15-14(18)20-9-12-5-3-11(8-16)4-6-12/h3-6,8,10H,7,9H2,1-2H3,(H,15,18)/t10-/m0/s1. The van der Waals surface area contributed by atoms with E-state index in [2.05, 4.69) is 10.1 Å². The maximum atomic E-state index is 11.4. The van der Waals surface area contributed by atoms with Crippen molar-refractivity contribution in [2.24, 2.45) is 5.92 Å². The molecule has 0 heterocycles. The summed E-state index contributed by atoms with van der Waals surface area (Å²) < 4.78 is 9.51. The van der Waals surface area contributed by atoms with Crippen molar-refractivity contribution in [1.82, 2.24) is 5.32 Å². The van der Waals surface area contributed by atoms with Gasteiger partial charge in [0, 0.05) is 12.1 Å². The number of ether oxygens (including phenoxy) is 2. The molecule has 0 spiro atoms. The van der Waals surface area contributed by atoms with Crippen LogP contribution in [-0.4, -0.2) is 32.0 Å². The SMILES string of the molecule is COC(=O)[C@@H](C)CNC(=O)OCc1ccc(C=O)cc1. The van der Waals surface area contributed by atoms with Gasteiger partial charge >= 0.3 is 12.1 Å². The summed E-state index contributed by atoms with van der Waals surface area (Å²) in [4.78, 5) is 33.0. The van der Waals surface area contributed by atoms with E-state index in [1.165, 1.54) is 7.11 Å². The summed E-state index contributed by atoms with van der Waals surface area (Å²) in [5.74, 6) is -0.825. The molecule has 0 aromatic heterocycles. The Hall–Kier alpha value is -2.37. The minimum absolute atomic E-state index is 0.0948. The number of benzene rings is 1. The van der Waals surface area contributed by atoms with Gasteiger partial charge in [0.1, 0.15) is 12.9 Å². The number of carbonyl (C=O) groups is 3. The van der Waals surface area contributed by atoms with Gasteiger partial charge in [-0.15, -0.1) is 0 Å². The molecule has 6 nitrogen and oxygen atoms in total. The summed E-state index contributed by atoms with van der Waals surface area (Å²) >= 11 is 0. The first-order valence-corrected chi connectivity index (χ1v) is 6.09. The molecule has 108 valence electrons. The van der Waals surface area contributed by atoms with E-state index in [1.807, 2.05) is 0 Å². The van der Waals surface area contributed by atoms with E-state index in [-0.39, 0.29) is 13.2 Å². The maximum absolute atomic E-state index is 11.4. The number of aldehydes is 1. The summed E-state index contributed by atoms with van der Waals surface area (Å²) in [5.41, 5.74) is 1.33. The van der Waals surface area contributed by atoms with E-state index in [0.29, 0.717) is 5.56 Å². The van der Waals surface area contributed by atoms with Crippen molar-refractivity contribution >= 4 is 18.3 Å². The molecule has 0 radical (unpaired) electrons. The second-order valence-corrected chi connectivity index (χ2v) is 4.24. The van der Waals surface area contributed by atoms with Gasteiger partial charge in [-0.2, -0.15) is 0 Å². The first-order chi connectivity index (χ1) is 9.56. The third-order valence-corrected chi connectivity index (χ3v) is 2.64. The zero-order valence-corrected chi connectivity index (χ0v) is 11.4. The van der Waals surface area contributed by atoms with Crippen LogP contribution in [0.25, 0.3) is 0 Å². The summed E-state index contributed by atoms with van der Waals surface area (Å²) in [7, 11) is 1.29. The van der Waals surface area contributed by atoms with Gasteiger partial charge in [0.2, 0.25) is 0 Å². The fourth-order valence-corrected chi connectivity index (χ4v) is 1.41. The van der Waals surface area contributed by atoms with Gasteiger partial charge in [-0.1, -0.05) is 31.2 Å². The van der Waals surface area contributed by atoms with Crippen LogP contribution in [0.3, 0.4) is 0 Å². The molecule has 1 amide bonds. The van der Waals surface area contributed by atoms with Gasteiger partial charge in [0.25, 0.3) is 0 Å². The Morgan fingerprint density at radius 2 is 1.95 bits per heavy atom. The van der Waals surface area contributed by atoms with Gasteiger partial charge in [-0.05, 0) is 5.56 Å². The monoisotopic (exact) mass is 279 g/mol. The van der Waals surface area contributed by atoms with Crippen LogP contribution >= 0.6 is 0 Å². The summed E-state index contributed by atoms with van der Waals surface area (Å²) in [6.45, 7) is 1.89. The molecule has 1 aromatic carbocycles. The molecule has 0 aliphatic rings. The minimum atomic E-state index is -0.611. The van der Waals surface area contributed by atoms with E-state index >= 15 is 0 Å². The van der Waals surface area contributed by atoms with E-state index in [9.17, 15) is 14.4 Å². The number of methoxy groups -OCH3 is 1. The Bertz CT molecular complexity index is 469. The number of esters is 1. The van der Waals surface area contributed by atoms with Crippen LogP contribution in [-0.2, 0) is 20.9 Å². The average Bonchev–Trinajstić information content (AvgIpc) is 2.50. The number of amides is 1. The first-order valence-electron chi connectivity index (χ1n) is 6.09. The highest BCUT2D eigenvalue weighted by Crippen LogP contribution is 2.04. The van der Waals surface area contributed by atoms with Crippen LogP contribution < -0.4 is 5.32 Å². The largest absolute Gasteiger partial charge is 0.469 e. The van der Waals surface area contributed by atoms with Gasteiger partial charge in [-0.3, -0.25) is 9.59 Å². The Labute approximate surface area is 117 Å². The van der Waals surface area contributed by atoms with E-state index < -0.39 is 18.0 Å². The molecule has 0 bridgehead atoms. The molecule has 0 unspecified atom stereocenters. The van der Waals surface area contributed by atoms with Crippen LogP contribution in [0.5, 0.6) is 0 Å². The molecule has 20 heavy (non-hydrogen) atoms. The molecule has 0 saturated carbocycles. The molecular weight excluding hydrogens is 262 g/mol. The zero-order chi connectivity index (χ0) is 15.0. The average molecular weight is 279 g/mol. The Morgan fingerprint density at radius 3 is 2.50 bits per heavy atom. The number of rotatable bonds is 6. The lowest BCUT2D eigenvalue weighted by atomic mass is 10.2. The number of nitrogens with one attached hydrogen (secondary N) is 1. The van der Waals surface area contributed by atoms with Crippen molar-refractivity contribution in [3.63, 3.8) is 0 Å². The topological polar surface area (TPSA) is 81.7 Å². The van der Waals surface area contributed by atoms with Gasteiger partial charge in [-0.25, -0.2) is 4.79 Å². The van der Waals surface area contributed by atoms with E-state index in [1.54, 1.807) is 31.2 Å². The van der Waals surface area contributed by atoms with E-state index in [0.717, 1.165) is 11.8 Å². The Kier molecular flexibility index (Phi) is 6.22. The molecule has 0 aliphatic carbocycles. The number of hydrogen-bond acceptors (Lipinski definition) is 5. The summed E-state index contributed by atoms with van der Waals surface area (Å²) in [6, 6.07) is 6.69. The molecule has 1 atom stereocenters. The lowest BCUT2D eigenvalue weighted by Gasteiger charge is -2.11. The van der Waals surface area contributed by atoms with Crippen molar-refractivity contribution in [3.05, 3.63) is 35.4 Å². The zero-order valence-electron chi connectivity index (χ0n) is 11.4. The molecule has 0 fully saturated rings. The smallest absolute Gasteiger partial charge is 0.407 e. The van der Waals surface area contributed by atoms with Crippen molar-refractivity contribution in [2.45, 2.75) is 13.5 Å². The molecule has 0 saturated heterocycles. The van der Waals surface area contributed by atoms with Crippen molar-refractivity contribution in [1.29, 1.82) is 0 Å². The fraction of sp³-hybridized carbons (Fsp3) is 0.357. The Balaban J connectivity index is 2.32. The lowest BCUT2D eigenvalue weighted by molar-refractivity contribution is -0.144. The normalized spacial score (nSPS) is 11.3. The van der Waals surface area contributed by atoms with Crippen LogP contribution in [0.2, 0.25) is 0 Å². The van der Waals surface area contributed by atoms with Crippen molar-refractivity contribution in [3.8, 4) is 0 Å². The number of hydrogen-bond donors (Lipinski definition) is 1. The van der Waals surface area contributed by atoms with Gasteiger partial charge in [0.05, 0.1) is 13.0 Å². The highest BCUT2D eigenvalue weighted by atomic mass is 16.5. The summed E-state index contributed by atoms with van der Waals surface area (Å²) in [6.07, 6.45) is 0.131. The molecular formula is C14H17NO5. The predicted molar refractivity (Wildman–Crippen MR) is 71.2 cm³/mol. The lowest BCUT2D eigenvalue weighted by Crippen LogP contribution is -2.32. The predicted octanol–water partition coefficient (Wildman–Crippen LogP) is 1.53. The quantitative estimate of drug-likeness (QED) is 0.631. The van der Waals surface area contributed by atoms with Crippen molar-refractivity contribution < 1.29 is 23.9 Å². The number of alkyl carbamates (subject to hydrolysis) is 1. The minimum Gasteiger partial charge on any atom is -0.469 e. The molecule has 1 rings (SSSR count). The Morgan fingerprint density at radius 1 is 1.30 bits per heavy atom. The highest BCUT2D eigenvalue weighted by molar-refractivity contribution is 5.75. The molecule has 1 aromatic rings. The van der Waals surface area contributed by atoms with Gasteiger partial charge < -0.3 is 14.8 Å². The van der Waals surface area contributed by atoms with Crippen LogP contribution in [0.4, 0.5) is 4.79 Å². The van der Waals surface area contributed by atoms with Crippen molar-refractivity contribution in [2.75, 3.05) is 13.7 Å². The second kappa shape index (κ2) is 7.93. The fourth-order valence-electron chi connectivity index (χ4n) is 1.41. The summed E-state index contributed by atoms with van der Waals surface area (Å²) in [5, 5.41) is 2.47. The maximum Gasteiger partial charge on any atom is 0.407 e. The van der Waals surface area contributed by atoms with E-state index in [4.69, 9.17) is 4.74 Å². The second-order valence-electron chi connectivity index (χ2n) is 4.24. The third-order valence-electron chi connectivity index (χ3n) is 2.64. The van der Waals surface area contributed by atoms with Crippen LogP contribution in [0, 0.1) is 5.92 Å². The number of carbonyl (C=O) groups excluding carboxylic acids is 3. The molecule has 6 heteroatoms. The van der Waals surface area contributed by atoms with Crippen LogP contribution in [0.15, 0.2) is 24.3 Å². The van der Waals surface area contributed by atoms with Crippen LogP contribution in [0.1, 0.15) is 22.8 Å². The third kappa shape index (κ3) is 5.09.